The second-order valence-electron chi connectivity index (χ2n) is 10.7. The first kappa shape index (κ1) is 25.3. The predicted molar refractivity (Wildman–Crippen MR) is 148 cm³/mol. The minimum absolute atomic E-state index is 0.149. The fourth-order valence-corrected chi connectivity index (χ4v) is 6.32. The normalized spacial score (nSPS) is 23.1. The molecule has 6 rings (SSSR count). The van der Waals surface area contributed by atoms with Crippen LogP contribution in [0.5, 0.6) is 6.01 Å². The minimum atomic E-state index is -0.260. The molecule has 1 amide bonds. The van der Waals surface area contributed by atoms with Gasteiger partial charge in [-0.05, 0) is 56.5 Å². The first-order valence-corrected chi connectivity index (χ1v) is 13.7. The van der Waals surface area contributed by atoms with Gasteiger partial charge in [0.25, 0.3) is 0 Å². The number of imidazole rings is 1. The highest BCUT2D eigenvalue weighted by Gasteiger charge is 2.35. The number of carbonyl (C=O) groups excluding carboxylic acids is 1. The van der Waals surface area contributed by atoms with Gasteiger partial charge in [0, 0.05) is 31.6 Å². The van der Waals surface area contributed by atoms with E-state index in [1.165, 1.54) is 23.6 Å². The van der Waals surface area contributed by atoms with Crippen LogP contribution in [0.3, 0.4) is 0 Å². The van der Waals surface area contributed by atoms with Gasteiger partial charge in [-0.2, -0.15) is 4.98 Å². The van der Waals surface area contributed by atoms with E-state index in [0.717, 1.165) is 31.5 Å². The summed E-state index contributed by atoms with van der Waals surface area (Å²) >= 11 is 0. The van der Waals surface area contributed by atoms with Gasteiger partial charge in [-0.3, -0.25) is 4.79 Å². The zero-order chi connectivity index (χ0) is 26.9. The second kappa shape index (κ2) is 10.7. The van der Waals surface area contributed by atoms with Crippen LogP contribution in [0.2, 0.25) is 0 Å². The van der Waals surface area contributed by atoms with Crippen molar-refractivity contribution in [2.24, 2.45) is 0 Å². The highest BCUT2D eigenvalue weighted by molar-refractivity contribution is 5.87. The molecule has 2 aliphatic heterocycles. The van der Waals surface area contributed by atoms with Crippen molar-refractivity contribution < 1.29 is 9.53 Å². The molecule has 0 bridgehead atoms. The van der Waals surface area contributed by atoms with E-state index in [1.54, 1.807) is 4.90 Å². The summed E-state index contributed by atoms with van der Waals surface area (Å²) in [6.45, 7) is 14.4. The van der Waals surface area contributed by atoms with Crippen molar-refractivity contribution in [1.29, 1.82) is 0 Å². The third-order valence-corrected chi connectivity index (χ3v) is 8.46. The van der Waals surface area contributed by atoms with E-state index in [-0.39, 0.29) is 24.4 Å². The summed E-state index contributed by atoms with van der Waals surface area (Å²) < 4.78 is 8.15. The van der Waals surface area contributed by atoms with Crippen LogP contribution in [0.25, 0.3) is 10.5 Å². The summed E-state index contributed by atoms with van der Waals surface area (Å²) in [5.74, 6) is 0.728. The minimum Gasteiger partial charge on any atom is -0.461 e. The Balaban J connectivity index is 1.37. The van der Waals surface area contributed by atoms with Crippen LogP contribution in [0.15, 0.2) is 43.1 Å². The summed E-state index contributed by atoms with van der Waals surface area (Å²) in [4.78, 5) is 31.9. The number of amides is 1. The number of ether oxygens (including phenoxy) is 1. The van der Waals surface area contributed by atoms with Crippen LogP contribution >= 0.6 is 0 Å². The van der Waals surface area contributed by atoms with Gasteiger partial charge in [-0.25, -0.2) is 16.1 Å². The molecule has 1 unspecified atom stereocenters. The third-order valence-electron chi connectivity index (χ3n) is 8.46. The number of rotatable bonds is 7. The number of aryl methyl sites for hydroxylation is 1. The van der Waals surface area contributed by atoms with Gasteiger partial charge in [-0.1, -0.05) is 30.8 Å². The Kier molecular flexibility index (Phi) is 6.92. The molecule has 0 saturated carbocycles. The zero-order valence-electron chi connectivity index (χ0n) is 22.4. The van der Waals surface area contributed by atoms with Crippen LogP contribution in [0.1, 0.15) is 42.0 Å². The highest BCUT2D eigenvalue weighted by atomic mass is 16.5. The first-order valence-electron chi connectivity index (χ1n) is 13.7. The van der Waals surface area contributed by atoms with Gasteiger partial charge in [-0.15, -0.1) is 5.10 Å². The van der Waals surface area contributed by atoms with Crippen molar-refractivity contribution in [1.82, 2.24) is 29.4 Å². The molecule has 0 N–H and O–H groups in total. The molecule has 0 spiro atoms. The predicted octanol–water partition coefficient (Wildman–Crippen LogP) is 2.80. The zero-order valence-corrected chi connectivity index (χ0v) is 22.4. The van der Waals surface area contributed by atoms with Gasteiger partial charge >= 0.3 is 6.01 Å². The van der Waals surface area contributed by atoms with Crippen LogP contribution in [0, 0.1) is 6.57 Å². The molecule has 3 aliphatic rings. The molecule has 1 aliphatic carbocycles. The standard InChI is InChI=1S/C29H34N8O2/c1-4-26(38)36-15-14-35(18-22(36)16-30-2)28-27-31-17-25(24-12-11-20-8-5-6-10-23(20)24)37(27)33-29(32-28)39-19-21-9-7-13-34(21)3/h4-6,8,10,17,21-22,24H,1,7,9,11-16,18-19H2,3H3/t21-,22-,24?/m0/s1. The van der Waals surface area contributed by atoms with Crippen molar-refractivity contribution in [3.63, 3.8) is 0 Å². The second-order valence-corrected chi connectivity index (χ2v) is 10.7. The quantitative estimate of drug-likeness (QED) is 0.346. The summed E-state index contributed by atoms with van der Waals surface area (Å²) in [7, 11) is 2.13. The maximum absolute atomic E-state index is 12.5. The molecule has 2 saturated heterocycles. The van der Waals surface area contributed by atoms with Crippen LogP contribution in [-0.2, 0) is 11.2 Å². The van der Waals surface area contributed by atoms with Crippen molar-refractivity contribution in [3.8, 4) is 6.01 Å². The first-order chi connectivity index (χ1) is 19.1. The molecule has 0 radical (unpaired) electrons. The van der Waals surface area contributed by atoms with Gasteiger partial charge in [0.1, 0.15) is 12.6 Å². The van der Waals surface area contributed by atoms with Crippen molar-refractivity contribution in [2.75, 3.05) is 51.3 Å². The molecule has 3 atom stereocenters. The molecule has 1 aromatic carbocycles. The number of aromatic nitrogens is 4. The smallest absolute Gasteiger partial charge is 0.336 e. The number of anilines is 1. The van der Waals surface area contributed by atoms with E-state index in [1.807, 2.05) is 10.7 Å². The maximum Gasteiger partial charge on any atom is 0.336 e. The summed E-state index contributed by atoms with van der Waals surface area (Å²) in [5.41, 5.74) is 4.39. The number of likely N-dealkylation sites (N-methyl/N-ethyl adjacent to an activating group) is 1. The van der Waals surface area contributed by atoms with Crippen molar-refractivity contribution >= 4 is 17.4 Å². The number of likely N-dealkylation sites (tertiary alicyclic amines) is 1. The van der Waals surface area contributed by atoms with Gasteiger partial charge in [0.15, 0.2) is 11.5 Å². The van der Waals surface area contributed by atoms with E-state index < -0.39 is 0 Å². The molecular formula is C29H34N8O2. The van der Waals surface area contributed by atoms with E-state index in [9.17, 15) is 4.79 Å². The lowest BCUT2D eigenvalue weighted by Crippen LogP contribution is -2.56. The van der Waals surface area contributed by atoms with E-state index in [0.29, 0.717) is 49.8 Å². The summed E-state index contributed by atoms with van der Waals surface area (Å²) in [6.07, 6.45) is 7.54. The van der Waals surface area contributed by atoms with Crippen LogP contribution in [-0.4, -0.2) is 93.8 Å². The van der Waals surface area contributed by atoms with Crippen LogP contribution in [0.4, 0.5) is 5.82 Å². The molecule has 39 heavy (non-hydrogen) atoms. The Morgan fingerprint density at radius 2 is 2.10 bits per heavy atom. The molecule has 2 fully saturated rings. The Morgan fingerprint density at radius 1 is 1.23 bits per heavy atom. The number of hydrogen-bond acceptors (Lipinski definition) is 7. The Bertz CT molecular complexity index is 1430. The maximum atomic E-state index is 12.5. The number of fused-ring (bicyclic) bond motifs is 2. The lowest BCUT2D eigenvalue weighted by molar-refractivity contribution is -0.128. The van der Waals surface area contributed by atoms with Gasteiger partial charge in [0.2, 0.25) is 12.5 Å². The summed E-state index contributed by atoms with van der Waals surface area (Å²) in [5, 5.41) is 4.86. The fourth-order valence-electron chi connectivity index (χ4n) is 6.32. The molecule has 10 nitrogen and oxygen atoms in total. The van der Waals surface area contributed by atoms with Crippen molar-refractivity contribution in [2.45, 2.75) is 43.7 Å². The van der Waals surface area contributed by atoms with Crippen molar-refractivity contribution in [3.05, 3.63) is 71.4 Å². The van der Waals surface area contributed by atoms with Gasteiger partial charge in [0.05, 0.1) is 11.9 Å². The number of benzene rings is 1. The number of piperazine rings is 1. The topological polar surface area (TPSA) is 83.5 Å². The van der Waals surface area contributed by atoms with Crippen LogP contribution < -0.4 is 9.64 Å². The molecular weight excluding hydrogens is 492 g/mol. The molecule has 4 heterocycles. The van der Waals surface area contributed by atoms with E-state index >= 15 is 0 Å². The lowest BCUT2D eigenvalue weighted by Gasteiger charge is -2.39. The fraction of sp³-hybridized carbons (Fsp3) is 0.483. The SMILES string of the molecule is [C-]#[N+]C[C@H]1CN(c2nc(OC[C@@H]3CCCN3C)nn3c(C4CCc5ccccc54)cnc23)CCN1C(=O)C=C. The largest absolute Gasteiger partial charge is 0.461 e. The molecule has 2 aromatic heterocycles. The number of nitrogens with zero attached hydrogens (tertiary/aromatic N) is 8. The number of hydrogen-bond donors (Lipinski definition) is 0. The highest BCUT2D eigenvalue weighted by Crippen LogP contribution is 2.39. The molecule has 10 heteroatoms. The van der Waals surface area contributed by atoms with E-state index in [2.05, 4.69) is 52.5 Å². The summed E-state index contributed by atoms with van der Waals surface area (Å²) in [6, 6.07) is 9.00. The average molecular weight is 527 g/mol. The lowest BCUT2D eigenvalue weighted by atomic mass is 9.98. The number of carbonyl (C=O) groups is 1. The Hall–Kier alpha value is -3.97. The Labute approximate surface area is 228 Å². The molecule has 202 valence electrons. The Morgan fingerprint density at radius 3 is 2.90 bits per heavy atom. The molecule has 3 aromatic rings. The third kappa shape index (κ3) is 4.72. The van der Waals surface area contributed by atoms with Gasteiger partial charge < -0.3 is 24.3 Å². The average Bonchev–Trinajstić information content (AvgIpc) is 3.69. The van der Waals surface area contributed by atoms with E-state index in [4.69, 9.17) is 26.4 Å². The monoisotopic (exact) mass is 526 g/mol.